The Morgan fingerprint density at radius 1 is 1.41 bits per heavy atom. The third-order valence-electron chi connectivity index (χ3n) is 4.21. The van der Waals surface area contributed by atoms with Crippen LogP contribution in [-0.4, -0.2) is 40.3 Å². The summed E-state index contributed by atoms with van der Waals surface area (Å²) in [5.74, 6) is 0.600. The van der Waals surface area contributed by atoms with Crippen molar-refractivity contribution in [3.63, 3.8) is 0 Å². The van der Waals surface area contributed by atoms with Crippen LogP contribution in [0.25, 0.3) is 11.3 Å². The van der Waals surface area contributed by atoms with Gasteiger partial charge in [0.1, 0.15) is 0 Å². The maximum absolute atomic E-state index is 12.5. The molecule has 2 aromatic rings. The summed E-state index contributed by atoms with van der Waals surface area (Å²) in [6.45, 7) is 3.06. The minimum Gasteiger partial charge on any atom is -0.393 e. The number of aliphatic hydroxyl groups is 1. The molecule has 0 aliphatic carbocycles. The van der Waals surface area contributed by atoms with Crippen LogP contribution < -0.4 is 0 Å². The molecule has 1 aromatic carbocycles. The van der Waals surface area contributed by atoms with E-state index < -0.39 is 6.10 Å². The Bertz CT molecular complexity index is 636. The first-order chi connectivity index (χ1) is 10.6. The molecule has 22 heavy (non-hydrogen) atoms. The van der Waals surface area contributed by atoms with E-state index in [0.717, 1.165) is 18.4 Å². The van der Waals surface area contributed by atoms with E-state index >= 15 is 0 Å². The standard InChI is InChI=1S/C17H20N2O3/c1-12(20)14-8-5-9-19(11-14)17(21)15-10-16(22-18-15)13-6-3-2-4-7-13/h2-4,6-7,10,12,14,20H,5,8-9,11H2,1H3. The molecule has 2 unspecified atom stereocenters. The maximum Gasteiger partial charge on any atom is 0.276 e. The minimum atomic E-state index is -0.396. The van der Waals surface area contributed by atoms with Gasteiger partial charge in [-0.05, 0) is 19.8 Å². The molecule has 2 heterocycles. The summed E-state index contributed by atoms with van der Waals surface area (Å²) < 4.78 is 5.29. The summed E-state index contributed by atoms with van der Waals surface area (Å²) >= 11 is 0. The van der Waals surface area contributed by atoms with Crippen LogP contribution in [0.3, 0.4) is 0 Å². The molecule has 0 saturated carbocycles. The Morgan fingerprint density at radius 3 is 2.91 bits per heavy atom. The second-order valence-corrected chi connectivity index (χ2v) is 5.84. The van der Waals surface area contributed by atoms with Crippen molar-refractivity contribution in [3.8, 4) is 11.3 Å². The molecule has 1 saturated heterocycles. The van der Waals surface area contributed by atoms with Crippen LogP contribution >= 0.6 is 0 Å². The Hall–Kier alpha value is -2.14. The van der Waals surface area contributed by atoms with Crippen LogP contribution in [0.2, 0.25) is 0 Å². The van der Waals surface area contributed by atoms with Gasteiger partial charge in [-0.2, -0.15) is 0 Å². The number of aliphatic hydroxyl groups excluding tert-OH is 1. The van der Waals surface area contributed by atoms with E-state index in [9.17, 15) is 9.90 Å². The van der Waals surface area contributed by atoms with E-state index in [-0.39, 0.29) is 11.8 Å². The molecular formula is C17H20N2O3. The molecule has 1 aliphatic rings. The van der Waals surface area contributed by atoms with E-state index in [1.54, 1.807) is 17.9 Å². The highest BCUT2D eigenvalue weighted by Gasteiger charge is 2.28. The summed E-state index contributed by atoms with van der Waals surface area (Å²) in [6.07, 6.45) is 1.47. The quantitative estimate of drug-likeness (QED) is 0.946. The second kappa shape index (κ2) is 6.32. The van der Waals surface area contributed by atoms with Gasteiger partial charge < -0.3 is 14.5 Å². The van der Waals surface area contributed by atoms with Gasteiger partial charge in [0.15, 0.2) is 11.5 Å². The van der Waals surface area contributed by atoms with Crippen molar-refractivity contribution in [2.75, 3.05) is 13.1 Å². The van der Waals surface area contributed by atoms with E-state index in [0.29, 0.717) is 24.5 Å². The highest BCUT2D eigenvalue weighted by molar-refractivity contribution is 5.93. The number of hydrogen-bond donors (Lipinski definition) is 1. The first-order valence-electron chi connectivity index (χ1n) is 7.64. The summed E-state index contributed by atoms with van der Waals surface area (Å²) in [5.41, 5.74) is 1.22. The van der Waals surface area contributed by atoms with Gasteiger partial charge in [0.2, 0.25) is 0 Å². The number of nitrogens with zero attached hydrogens (tertiary/aromatic N) is 2. The summed E-state index contributed by atoms with van der Waals surface area (Å²) in [6, 6.07) is 11.3. The summed E-state index contributed by atoms with van der Waals surface area (Å²) in [4.78, 5) is 14.3. The predicted molar refractivity (Wildman–Crippen MR) is 82.2 cm³/mol. The zero-order valence-corrected chi connectivity index (χ0v) is 12.6. The molecular weight excluding hydrogens is 280 g/mol. The summed E-state index contributed by atoms with van der Waals surface area (Å²) in [5, 5.41) is 13.6. The number of carbonyl (C=O) groups excluding carboxylic acids is 1. The van der Waals surface area contributed by atoms with Crippen molar-refractivity contribution in [1.82, 2.24) is 10.1 Å². The predicted octanol–water partition coefficient (Wildman–Crippen LogP) is 2.57. The number of carbonyl (C=O) groups is 1. The zero-order chi connectivity index (χ0) is 15.5. The third kappa shape index (κ3) is 3.04. The fourth-order valence-corrected chi connectivity index (χ4v) is 2.86. The van der Waals surface area contributed by atoms with Gasteiger partial charge in [-0.25, -0.2) is 0 Å². The maximum atomic E-state index is 12.5. The van der Waals surface area contributed by atoms with Gasteiger partial charge in [-0.1, -0.05) is 35.5 Å². The molecule has 1 amide bonds. The normalized spacial score (nSPS) is 19.9. The molecule has 1 aromatic heterocycles. The number of piperidine rings is 1. The van der Waals surface area contributed by atoms with Gasteiger partial charge >= 0.3 is 0 Å². The Morgan fingerprint density at radius 2 is 2.18 bits per heavy atom. The highest BCUT2D eigenvalue weighted by Crippen LogP contribution is 2.23. The molecule has 5 nitrogen and oxygen atoms in total. The molecule has 116 valence electrons. The summed E-state index contributed by atoms with van der Waals surface area (Å²) in [7, 11) is 0. The van der Waals surface area contributed by atoms with Crippen molar-refractivity contribution in [2.45, 2.75) is 25.9 Å². The van der Waals surface area contributed by atoms with Gasteiger partial charge in [-0.3, -0.25) is 4.79 Å². The van der Waals surface area contributed by atoms with Crippen LogP contribution in [0.4, 0.5) is 0 Å². The highest BCUT2D eigenvalue weighted by atomic mass is 16.5. The largest absolute Gasteiger partial charge is 0.393 e. The topological polar surface area (TPSA) is 66.6 Å². The van der Waals surface area contributed by atoms with Crippen LogP contribution in [0.5, 0.6) is 0 Å². The van der Waals surface area contributed by atoms with Crippen LogP contribution in [0.1, 0.15) is 30.3 Å². The van der Waals surface area contributed by atoms with Crippen molar-refractivity contribution >= 4 is 5.91 Å². The average Bonchev–Trinajstić information content (AvgIpc) is 3.05. The van der Waals surface area contributed by atoms with E-state index in [1.165, 1.54) is 0 Å². The monoisotopic (exact) mass is 300 g/mol. The number of benzene rings is 1. The number of likely N-dealkylation sites (tertiary alicyclic amines) is 1. The fourth-order valence-electron chi connectivity index (χ4n) is 2.86. The lowest BCUT2D eigenvalue weighted by molar-refractivity contribution is 0.0458. The van der Waals surface area contributed by atoms with Crippen molar-refractivity contribution in [2.24, 2.45) is 5.92 Å². The van der Waals surface area contributed by atoms with Crippen LogP contribution in [0.15, 0.2) is 40.9 Å². The zero-order valence-electron chi connectivity index (χ0n) is 12.6. The van der Waals surface area contributed by atoms with Gasteiger partial charge in [-0.15, -0.1) is 0 Å². The minimum absolute atomic E-state index is 0.128. The van der Waals surface area contributed by atoms with E-state index in [2.05, 4.69) is 5.16 Å². The van der Waals surface area contributed by atoms with E-state index in [1.807, 2.05) is 30.3 Å². The molecule has 0 radical (unpaired) electrons. The SMILES string of the molecule is CC(O)C1CCCN(C(=O)c2cc(-c3ccccc3)on2)C1. The van der Waals surface area contributed by atoms with Gasteiger partial charge in [0.05, 0.1) is 6.10 Å². The number of amides is 1. The van der Waals surface area contributed by atoms with Crippen LogP contribution in [0, 0.1) is 5.92 Å². The van der Waals surface area contributed by atoms with E-state index in [4.69, 9.17) is 4.52 Å². The molecule has 2 atom stereocenters. The smallest absolute Gasteiger partial charge is 0.276 e. The van der Waals surface area contributed by atoms with Crippen molar-refractivity contribution < 1.29 is 14.4 Å². The third-order valence-corrected chi connectivity index (χ3v) is 4.21. The molecule has 5 heteroatoms. The first kappa shape index (κ1) is 14.8. The molecule has 0 bridgehead atoms. The lowest BCUT2D eigenvalue weighted by Crippen LogP contribution is -2.43. The van der Waals surface area contributed by atoms with Gasteiger partial charge in [0.25, 0.3) is 5.91 Å². The molecule has 0 spiro atoms. The van der Waals surface area contributed by atoms with Crippen LogP contribution in [-0.2, 0) is 0 Å². The number of aromatic nitrogens is 1. The van der Waals surface area contributed by atoms with Gasteiger partial charge in [0, 0.05) is 30.6 Å². The first-order valence-corrected chi connectivity index (χ1v) is 7.64. The Kier molecular flexibility index (Phi) is 4.24. The lowest BCUT2D eigenvalue weighted by Gasteiger charge is -2.33. The fraction of sp³-hybridized carbons (Fsp3) is 0.412. The molecule has 1 N–H and O–H groups in total. The van der Waals surface area contributed by atoms with Crippen molar-refractivity contribution in [3.05, 3.63) is 42.1 Å². The van der Waals surface area contributed by atoms with Crippen molar-refractivity contribution in [1.29, 1.82) is 0 Å². The number of rotatable bonds is 3. The number of hydrogen-bond acceptors (Lipinski definition) is 4. The Labute approximate surface area is 129 Å². The Balaban J connectivity index is 1.74. The molecule has 3 rings (SSSR count). The lowest BCUT2D eigenvalue weighted by atomic mass is 9.93. The molecule has 1 aliphatic heterocycles. The molecule has 1 fully saturated rings. The second-order valence-electron chi connectivity index (χ2n) is 5.84. The average molecular weight is 300 g/mol.